The third kappa shape index (κ3) is 5.57. The first-order valence-corrected chi connectivity index (χ1v) is 10.6. The third-order valence-corrected chi connectivity index (χ3v) is 6.05. The van der Waals surface area contributed by atoms with Crippen molar-refractivity contribution >= 4 is 58.2 Å². The Morgan fingerprint density at radius 2 is 2.00 bits per heavy atom. The molecule has 0 radical (unpaired) electrons. The van der Waals surface area contributed by atoms with Gasteiger partial charge in [0.2, 0.25) is 5.91 Å². The summed E-state index contributed by atoms with van der Waals surface area (Å²) in [5.41, 5.74) is 1.40. The lowest BCUT2D eigenvalue weighted by atomic mass is 10.2. The highest BCUT2D eigenvalue weighted by molar-refractivity contribution is 7.99. The summed E-state index contributed by atoms with van der Waals surface area (Å²) >= 11 is 19.3. The number of benzene rings is 2. The highest BCUT2D eigenvalue weighted by Gasteiger charge is 2.14. The predicted octanol–water partition coefficient (Wildman–Crippen LogP) is 5.39. The Morgan fingerprint density at radius 1 is 1.21 bits per heavy atom. The first kappa shape index (κ1) is 21.8. The molecule has 152 valence electrons. The number of carbonyl (C=O) groups is 1. The van der Waals surface area contributed by atoms with Crippen LogP contribution < -0.4 is 10.1 Å². The van der Waals surface area contributed by atoms with Crippen LogP contribution in [0.2, 0.25) is 15.1 Å². The molecule has 1 heterocycles. The minimum atomic E-state index is -0.225. The summed E-state index contributed by atoms with van der Waals surface area (Å²) in [6.07, 6.45) is 0. The molecule has 10 heteroatoms. The molecule has 1 aromatic heterocycles. The van der Waals surface area contributed by atoms with Gasteiger partial charge in [0.1, 0.15) is 12.4 Å². The Kier molecular flexibility index (Phi) is 7.29. The number of halogens is 3. The van der Waals surface area contributed by atoms with E-state index in [0.717, 1.165) is 11.3 Å². The second kappa shape index (κ2) is 9.71. The number of rotatable bonds is 7. The van der Waals surface area contributed by atoms with E-state index in [-0.39, 0.29) is 18.3 Å². The summed E-state index contributed by atoms with van der Waals surface area (Å²) < 4.78 is 7.59. The van der Waals surface area contributed by atoms with Crippen LogP contribution in [0, 0.1) is 6.92 Å². The number of thioether (sulfide) groups is 1. The van der Waals surface area contributed by atoms with Gasteiger partial charge >= 0.3 is 0 Å². The van der Waals surface area contributed by atoms with Crippen LogP contribution >= 0.6 is 46.6 Å². The van der Waals surface area contributed by atoms with Crippen molar-refractivity contribution in [3.8, 4) is 5.75 Å². The van der Waals surface area contributed by atoms with Gasteiger partial charge in [-0.3, -0.25) is 4.79 Å². The lowest BCUT2D eigenvalue weighted by Gasteiger charge is -2.09. The van der Waals surface area contributed by atoms with Crippen molar-refractivity contribution in [1.29, 1.82) is 0 Å². The summed E-state index contributed by atoms with van der Waals surface area (Å²) in [5, 5.41) is 12.9. The smallest absolute Gasteiger partial charge is 0.234 e. The Bertz CT molecular complexity index is 1040. The molecule has 0 aliphatic heterocycles. The number of hydrogen-bond donors (Lipinski definition) is 1. The fourth-order valence-electron chi connectivity index (χ4n) is 2.43. The number of anilines is 1. The van der Waals surface area contributed by atoms with Crippen molar-refractivity contribution < 1.29 is 9.53 Å². The zero-order chi connectivity index (χ0) is 21.0. The Morgan fingerprint density at radius 3 is 2.76 bits per heavy atom. The molecule has 2 aromatic carbocycles. The van der Waals surface area contributed by atoms with Crippen LogP contribution in [-0.2, 0) is 18.4 Å². The maximum atomic E-state index is 12.2. The van der Waals surface area contributed by atoms with Gasteiger partial charge < -0.3 is 14.6 Å². The first-order chi connectivity index (χ1) is 13.8. The molecule has 6 nitrogen and oxygen atoms in total. The van der Waals surface area contributed by atoms with E-state index in [0.29, 0.717) is 31.7 Å². The predicted molar refractivity (Wildman–Crippen MR) is 117 cm³/mol. The van der Waals surface area contributed by atoms with E-state index in [1.165, 1.54) is 11.8 Å². The van der Waals surface area contributed by atoms with E-state index in [1.807, 2.05) is 26.1 Å². The molecule has 0 bridgehead atoms. The molecule has 0 unspecified atom stereocenters. The molecule has 1 amide bonds. The van der Waals surface area contributed by atoms with Crippen molar-refractivity contribution in [2.75, 3.05) is 11.1 Å². The fraction of sp³-hybridized carbons (Fsp3) is 0.211. The van der Waals surface area contributed by atoms with Crippen LogP contribution in [0.1, 0.15) is 11.4 Å². The van der Waals surface area contributed by atoms with E-state index >= 15 is 0 Å². The van der Waals surface area contributed by atoms with E-state index in [4.69, 9.17) is 39.5 Å². The van der Waals surface area contributed by atoms with E-state index in [2.05, 4.69) is 15.5 Å². The van der Waals surface area contributed by atoms with Gasteiger partial charge in [0.15, 0.2) is 11.0 Å². The van der Waals surface area contributed by atoms with Crippen LogP contribution in [-0.4, -0.2) is 26.4 Å². The van der Waals surface area contributed by atoms with Gasteiger partial charge in [0, 0.05) is 12.1 Å². The van der Waals surface area contributed by atoms with Crippen LogP contribution in [0.3, 0.4) is 0 Å². The van der Waals surface area contributed by atoms with Crippen molar-refractivity contribution in [2.24, 2.45) is 7.05 Å². The number of nitrogens with zero attached hydrogens (tertiary/aromatic N) is 3. The molecule has 3 aromatic rings. The topological polar surface area (TPSA) is 69.0 Å². The first-order valence-electron chi connectivity index (χ1n) is 8.49. The Labute approximate surface area is 187 Å². The van der Waals surface area contributed by atoms with Gasteiger partial charge in [-0.15, -0.1) is 10.2 Å². The van der Waals surface area contributed by atoms with E-state index in [9.17, 15) is 4.79 Å². The molecule has 29 heavy (non-hydrogen) atoms. The molecule has 0 saturated heterocycles. The molecular formula is C19H17Cl3N4O2S. The molecular weight excluding hydrogens is 455 g/mol. The largest absolute Gasteiger partial charge is 0.485 e. The lowest BCUT2D eigenvalue weighted by Crippen LogP contribution is -2.15. The zero-order valence-electron chi connectivity index (χ0n) is 15.6. The molecule has 0 fully saturated rings. The monoisotopic (exact) mass is 470 g/mol. The second-order valence-corrected chi connectivity index (χ2v) is 8.26. The molecule has 1 N–H and O–H groups in total. The summed E-state index contributed by atoms with van der Waals surface area (Å²) in [6, 6.07) is 10.5. The minimum absolute atomic E-state index is 0.145. The quantitative estimate of drug-likeness (QED) is 0.468. The molecule has 3 rings (SSSR count). The number of carbonyl (C=O) groups excluding carboxylic acids is 1. The SMILES string of the molecule is Cc1cc(Cl)ccc1OCc1nnc(SCC(=O)Nc2cccc(Cl)c2Cl)n1C. The Hall–Kier alpha value is -1.93. The maximum Gasteiger partial charge on any atom is 0.234 e. The number of aromatic nitrogens is 3. The van der Waals surface area contributed by atoms with Crippen LogP contribution in [0.5, 0.6) is 5.75 Å². The van der Waals surface area contributed by atoms with Gasteiger partial charge in [-0.25, -0.2) is 0 Å². The van der Waals surface area contributed by atoms with E-state index in [1.54, 1.807) is 28.8 Å². The molecule has 0 saturated carbocycles. The summed E-state index contributed by atoms with van der Waals surface area (Å²) in [6.45, 7) is 2.17. The van der Waals surface area contributed by atoms with Crippen molar-refractivity contribution in [2.45, 2.75) is 18.7 Å². The lowest BCUT2D eigenvalue weighted by molar-refractivity contribution is -0.113. The van der Waals surface area contributed by atoms with Crippen LogP contribution in [0.15, 0.2) is 41.6 Å². The minimum Gasteiger partial charge on any atom is -0.485 e. The molecule has 0 aliphatic carbocycles. The van der Waals surface area contributed by atoms with Crippen LogP contribution in [0.4, 0.5) is 5.69 Å². The number of aryl methyl sites for hydroxylation is 1. The molecule has 0 aliphatic rings. The highest BCUT2D eigenvalue weighted by atomic mass is 35.5. The summed E-state index contributed by atoms with van der Waals surface area (Å²) in [7, 11) is 1.82. The fourth-order valence-corrected chi connectivity index (χ4v) is 3.73. The average Bonchev–Trinajstić information content (AvgIpc) is 3.03. The van der Waals surface area contributed by atoms with E-state index < -0.39 is 0 Å². The highest BCUT2D eigenvalue weighted by Crippen LogP contribution is 2.30. The summed E-state index contributed by atoms with van der Waals surface area (Å²) in [4.78, 5) is 12.2. The van der Waals surface area contributed by atoms with Crippen LogP contribution in [0.25, 0.3) is 0 Å². The third-order valence-electron chi connectivity index (χ3n) is 3.98. The van der Waals surface area contributed by atoms with Gasteiger partial charge in [0.05, 0.1) is 21.5 Å². The Balaban J connectivity index is 1.56. The van der Waals surface area contributed by atoms with Gasteiger partial charge in [-0.05, 0) is 42.8 Å². The van der Waals surface area contributed by atoms with Gasteiger partial charge in [-0.2, -0.15) is 0 Å². The number of amides is 1. The standard InChI is InChI=1S/C19H17Cl3N4O2S/c1-11-8-12(20)6-7-15(11)28-9-16-24-25-19(26(16)2)29-10-17(27)23-14-5-3-4-13(21)18(14)22/h3-8H,9-10H2,1-2H3,(H,23,27). The number of ether oxygens (including phenoxy) is 1. The molecule has 0 atom stereocenters. The summed E-state index contributed by atoms with van der Waals surface area (Å²) in [5.74, 6) is 1.28. The van der Waals surface area contributed by atoms with Gasteiger partial charge in [0.25, 0.3) is 0 Å². The normalized spacial score (nSPS) is 10.8. The molecule has 0 spiro atoms. The number of nitrogens with one attached hydrogen (secondary N) is 1. The average molecular weight is 472 g/mol. The zero-order valence-corrected chi connectivity index (χ0v) is 18.7. The second-order valence-electron chi connectivity index (χ2n) is 6.09. The number of hydrogen-bond acceptors (Lipinski definition) is 5. The van der Waals surface area contributed by atoms with Crippen molar-refractivity contribution in [1.82, 2.24) is 14.8 Å². The van der Waals surface area contributed by atoms with Gasteiger partial charge in [-0.1, -0.05) is 52.6 Å². The van der Waals surface area contributed by atoms with Crippen molar-refractivity contribution in [3.63, 3.8) is 0 Å². The van der Waals surface area contributed by atoms with Crippen molar-refractivity contribution in [3.05, 3.63) is 62.9 Å². The maximum absolute atomic E-state index is 12.2.